The van der Waals surface area contributed by atoms with Crippen LogP contribution in [-0.2, 0) is 0 Å². The average molecular weight is 217 g/mol. The minimum absolute atomic E-state index is 0.0730. The topological polar surface area (TPSA) is 46.0 Å². The van der Waals surface area contributed by atoms with Gasteiger partial charge in [0, 0.05) is 5.69 Å². The van der Waals surface area contributed by atoms with Crippen molar-refractivity contribution in [3.05, 3.63) is 46.2 Å². The maximum absolute atomic E-state index is 12.2. The van der Waals surface area contributed by atoms with Crippen LogP contribution in [0.25, 0.3) is 0 Å². The van der Waals surface area contributed by atoms with Crippen molar-refractivity contribution < 1.29 is 9.21 Å². The largest absolute Gasteiger partial charge is 0.461 e. The van der Waals surface area contributed by atoms with Crippen molar-refractivity contribution in [2.45, 2.75) is 27.7 Å². The fraction of sp³-hybridized carbons (Fsp3) is 0.308. The summed E-state index contributed by atoms with van der Waals surface area (Å²) in [5, 5.41) is 0. The summed E-state index contributed by atoms with van der Waals surface area (Å²) in [6.45, 7) is 7.79. The molecule has 0 aliphatic rings. The number of nitrogens with one attached hydrogen (secondary N) is 1. The van der Waals surface area contributed by atoms with Crippen molar-refractivity contribution in [3.8, 4) is 0 Å². The lowest BCUT2D eigenvalue weighted by Crippen LogP contribution is -2.04. The Morgan fingerprint density at radius 3 is 2.31 bits per heavy atom. The number of H-pyrrole nitrogens is 1. The van der Waals surface area contributed by atoms with E-state index in [1.807, 2.05) is 27.7 Å². The van der Waals surface area contributed by atoms with Crippen LogP contribution in [-0.4, -0.2) is 10.8 Å². The summed E-state index contributed by atoms with van der Waals surface area (Å²) >= 11 is 0. The van der Waals surface area contributed by atoms with E-state index in [9.17, 15) is 4.79 Å². The molecule has 16 heavy (non-hydrogen) atoms. The van der Waals surface area contributed by atoms with Gasteiger partial charge in [0.1, 0.15) is 0 Å². The second-order valence-electron chi connectivity index (χ2n) is 4.14. The Balaban J connectivity index is 2.50. The third-order valence-corrected chi connectivity index (χ3v) is 3.11. The standard InChI is InChI=1S/C13H15NO2/c1-7-5-6-16-13(7)12(15)11-9(3)8(2)10(4)14-11/h5-6,14H,1-4H3. The lowest BCUT2D eigenvalue weighted by molar-refractivity contribution is 0.100. The van der Waals surface area contributed by atoms with E-state index < -0.39 is 0 Å². The molecule has 0 amide bonds. The highest BCUT2D eigenvalue weighted by Crippen LogP contribution is 2.21. The average Bonchev–Trinajstić information content (AvgIpc) is 2.77. The molecule has 0 aromatic carbocycles. The van der Waals surface area contributed by atoms with E-state index in [1.54, 1.807) is 12.3 Å². The molecule has 0 saturated heterocycles. The van der Waals surface area contributed by atoms with E-state index in [2.05, 4.69) is 4.98 Å². The van der Waals surface area contributed by atoms with Gasteiger partial charge in [-0.25, -0.2) is 0 Å². The molecule has 1 N–H and O–H groups in total. The van der Waals surface area contributed by atoms with Crippen molar-refractivity contribution in [3.63, 3.8) is 0 Å². The van der Waals surface area contributed by atoms with Crippen LogP contribution in [0.4, 0.5) is 0 Å². The Bertz CT molecular complexity index is 546. The number of aromatic amines is 1. The number of carbonyl (C=O) groups is 1. The SMILES string of the molecule is Cc1ccoc1C(=O)c1[nH]c(C)c(C)c1C. The quantitative estimate of drug-likeness (QED) is 0.786. The molecule has 0 atom stereocenters. The van der Waals surface area contributed by atoms with Gasteiger partial charge in [-0.15, -0.1) is 0 Å². The van der Waals surface area contributed by atoms with Gasteiger partial charge in [-0.05, 0) is 50.5 Å². The van der Waals surface area contributed by atoms with E-state index >= 15 is 0 Å². The highest BCUT2D eigenvalue weighted by atomic mass is 16.3. The summed E-state index contributed by atoms with van der Waals surface area (Å²) in [4.78, 5) is 15.3. The van der Waals surface area contributed by atoms with Gasteiger partial charge in [-0.3, -0.25) is 4.79 Å². The fourth-order valence-corrected chi connectivity index (χ4v) is 1.79. The highest BCUT2D eigenvalue weighted by Gasteiger charge is 2.20. The summed E-state index contributed by atoms with van der Waals surface area (Å²) in [5.41, 5.74) is 4.67. The van der Waals surface area contributed by atoms with E-state index in [1.165, 1.54) is 0 Å². The molecule has 0 saturated carbocycles. The Kier molecular flexibility index (Phi) is 2.46. The Morgan fingerprint density at radius 1 is 1.19 bits per heavy atom. The number of ketones is 1. The summed E-state index contributed by atoms with van der Waals surface area (Å²) in [6, 6.07) is 1.80. The number of furan rings is 1. The molecule has 0 aliphatic heterocycles. The molecule has 0 bridgehead atoms. The van der Waals surface area contributed by atoms with Crippen molar-refractivity contribution >= 4 is 5.78 Å². The third-order valence-electron chi connectivity index (χ3n) is 3.11. The molecule has 0 radical (unpaired) electrons. The van der Waals surface area contributed by atoms with Gasteiger partial charge in [0.05, 0.1) is 12.0 Å². The van der Waals surface area contributed by atoms with Gasteiger partial charge in [0.2, 0.25) is 5.78 Å². The van der Waals surface area contributed by atoms with E-state index in [-0.39, 0.29) is 5.78 Å². The second kappa shape index (κ2) is 3.67. The molecule has 0 unspecified atom stereocenters. The number of hydrogen-bond donors (Lipinski definition) is 1. The molecule has 0 aliphatic carbocycles. The Labute approximate surface area is 94.5 Å². The zero-order valence-corrected chi connectivity index (χ0v) is 9.97. The lowest BCUT2D eigenvalue weighted by atomic mass is 10.1. The van der Waals surface area contributed by atoms with Crippen molar-refractivity contribution in [2.75, 3.05) is 0 Å². The molecule has 3 heteroatoms. The van der Waals surface area contributed by atoms with Crippen molar-refractivity contribution in [2.24, 2.45) is 0 Å². The first-order valence-electron chi connectivity index (χ1n) is 5.27. The molecule has 2 aromatic rings. The molecule has 0 fully saturated rings. The van der Waals surface area contributed by atoms with Gasteiger partial charge >= 0.3 is 0 Å². The Hall–Kier alpha value is -1.77. The van der Waals surface area contributed by atoms with Gasteiger partial charge in [0.15, 0.2) is 5.76 Å². The zero-order chi connectivity index (χ0) is 11.9. The molecular formula is C13H15NO2. The van der Waals surface area contributed by atoms with Crippen LogP contribution < -0.4 is 0 Å². The van der Waals surface area contributed by atoms with Gasteiger partial charge in [-0.1, -0.05) is 0 Å². The summed E-state index contributed by atoms with van der Waals surface area (Å²) in [6.07, 6.45) is 1.54. The predicted octanol–water partition coefficient (Wildman–Crippen LogP) is 3.07. The van der Waals surface area contributed by atoms with Crippen molar-refractivity contribution in [1.82, 2.24) is 4.98 Å². The number of aromatic nitrogens is 1. The first-order chi connectivity index (χ1) is 7.52. The number of rotatable bonds is 2. The van der Waals surface area contributed by atoms with E-state index in [4.69, 9.17) is 4.42 Å². The fourth-order valence-electron chi connectivity index (χ4n) is 1.79. The summed E-state index contributed by atoms with van der Waals surface area (Å²) in [7, 11) is 0. The number of hydrogen-bond acceptors (Lipinski definition) is 2. The second-order valence-corrected chi connectivity index (χ2v) is 4.14. The maximum atomic E-state index is 12.2. The van der Waals surface area contributed by atoms with Gasteiger partial charge in [-0.2, -0.15) is 0 Å². The Morgan fingerprint density at radius 2 is 1.88 bits per heavy atom. The van der Waals surface area contributed by atoms with Crippen LogP contribution in [0.1, 0.15) is 38.6 Å². The van der Waals surface area contributed by atoms with Gasteiger partial charge in [0.25, 0.3) is 0 Å². The lowest BCUT2D eigenvalue weighted by Gasteiger charge is -1.98. The van der Waals surface area contributed by atoms with Gasteiger partial charge < -0.3 is 9.40 Å². The molecular weight excluding hydrogens is 202 g/mol. The normalized spacial score (nSPS) is 10.8. The first-order valence-corrected chi connectivity index (χ1v) is 5.27. The molecule has 84 valence electrons. The summed E-state index contributed by atoms with van der Waals surface area (Å²) in [5.74, 6) is 0.348. The highest BCUT2D eigenvalue weighted by molar-refractivity contribution is 6.07. The number of aryl methyl sites for hydroxylation is 2. The third kappa shape index (κ3) is 1.48. The zero-order valence-electron chi connectivity index (χ0n) is 9.97. The van der Waals surface area contributed by atoms with Crippen LogP contribution in [0.2, 0.25) is 0 Å². The van der Waals surface area contributed by atoms with E-state index in [0.717, 1.165) is 22.4 Å². The minimum atomic E-state index is -0.0730. The molecule has 2 rings (SSSR count). The van der Waals surface area contributed by atoms with Crippen LogP contribution in [0.3, 0.4) is 0 Å². The first kappa shape index (κ1) is 10.7. The molecule has 2 heterocycles. The predicted molar refractivity (Wildman–Crippen MR) is 61.9 cm³/mol. The monoisotopic (exact) mass is 217 g/mol. The molecule has 3 nitrogen and oxygen atoms in total. The summed E-state index contributed by atoms with van der Waals surface area (Å²) < 4.78 is 5.22. The molecule has 2 aromatic heterocycles. The van der Waals surface area contributed by atoms with Crippen molar-refractivity contribution in [1.29, 1.82) is 0 Å². The van der Waals surface area contributed by atoms with Crippen LogP contribution in [0.15, 0.2) is 16.7 Å². The van der Waals surface area contributed by atoms with Crippen LogP contribution in [0.5, 0.6) is 0 Å². The smallest absolute Gasteiger partial charge is 0.244 e. The van der Waals surface area contributed by atoms with Crippen LogP contribution in [0, 0.1) is 27.7 Å². The molecule has 0 spiro atoms. The maximum Gasteiger partial charge on any atom is 0.244 e. The van der Waals surface area contributed by atoms with Crippen LogP contribution >= 0.6 is 0 Å². The minimum Gasteiger partial charge on any atom is -0.461 e. The number of carbonyl (C=O) groups excluding carboxylic acids is 1. The van der Waals surface area contributed by atoms with E-state index in [0.29, 0.717) is 11.5 Å².